The predicted molar refractivity (Wildman–Crippen MR) is 153 cm³/mol. The largest absolute Gasteiger partial charge is 0.493 e. The van der Waals surface area contributed by atoms with Gasteiger partial charge >= 0.3 is 5.92 Å². The third kappa shape index (κ3) is 7.69. The molecular weight excluding hydrogens is 507 g/mol. The van der Waals surface area contributed by atoms with E-state index < -0.39 is 18.2 Å². The van der Waals surface area contributed by atoms with Crippen molar-refractivity contribution in [2.24, 2.45) is 0 Å². The van der Waals surface area contributed by atoms with Gasteiger partial charge in [-0.2, -0.15) is 8.78 Å². The van der Waals surface area contributed by atoms with Gasteiger partial charge in [0.25, 0.3) is 0 Å². The van der Waals surface area contributed by atoms with Crippen molar-refractivity contribution in [1.29, 1.82) is 0 Å². The molecule has 0 atom stereocenters. The third-order valence-electron chi connectivity index (χ3n) is 5.96. The van der Waals surface area contributed by atoms with E-state index in [4.69, 9.17) is 4.74 Å². The molecule has 0 saturated heterocycles. The summed E-state index contributed by atoms with van der Waals surface area (Å²) in [4.78, 5) is 9.10. The zero-order valence-electron chi connectivity index (χ0n) is 22.3. The van der Waals surface area contributed by atoms with E-state index in [1.807, 2.05) is 49.6 Å². The molecule has 2 aromatic carbocycles. The number of unbranched alkanes of at least 4 members (excludes halogenated alkanes) is 5. The maximum Gasteiger partial charge on any atom is 0.304 e. The lowest BCUT2D eigenvalue weighted by molar-refractivity contribution is -0.0302. The van der Waals surface area contributed by atoms with Crippen molar-refractivity contribution in [2.75, 3.05) is 18.6 Å². The number of hydrogen-bond donors (Lipinski definition) is 1. The quantitative estimate of drug-likeness (QED) is 0.170. The molecule has 0 fully saturated rings. The van der Waals surface area contributed by atoms with Crippen molar-refractivity contribution >= 4 is 33.1 Å². The molecule has 1 N–H and O–H groups in total. The van der Waals surface area contributed by atoms with Gasteiger partial charge in [0.1, 0.15) is 5.75 Å². The van der Waals surface area contributed by atoms with E-state index in [1.165, 1.54) is 36.3 Å². The van der Waals surface area contributed by atoms with Gasteiger partial charge in [-0.05, 0) is 30.7 Å². The Morgan fingerprint density at radius 1 is 0.974 bits per heavy atom. The van der Waals surface area contributed by atoms with Crippen molar-refractivity contribution in [3.63, 3.8) is 0 Å². The topological polar surface area (TPSA) is 47.0 Å². The molecule has 8 heteroatoms. The minimum absolute atomic E-state index is 0.0124. The number of fused-ring (bicyclic) bond motifs is 1. The molecule has 0 aliphatic rings. The smallest absolute Gasteiger partial charge is 0.304 e. The number of hydrogen-bond acceptors (Lipinski definition) is 5. The van der Waals surface area contributed by atoms with E-state index >= 15 is 0 Å². The summed E-state index contributed by atoms with van der Waals surface area (Å²) >= 11 is 1.35. The normalized spacial score (nSPS) is 11.2. The van der Waals surface area contributed by atoms with Crippen LogP contribution in [0.15, 0.2) is 60.1 Å². The summed E-state index contributed by atoms with van der Waals surface area (Å²) in [6, 6.07) is 14.1. The highest BCUT2D eigenvalue weighted by Crippen LogP contribution is 2.38. The Hall–Kier alpha value is -3.13. The average Bonchev–Trinajstić information content (AvgIpc) is 3.42. The summed E-state index contributed by atoms with van der Waals surface area (Å²) in [6.07, 6.45) is 8.11. The molecule has 2 heterocycles. The van der Waals surface area contributed by atoms with Crippen molar-refractivity contribution in [2.45, 2.75) is 65.2 Å². The Morgan fingerprint density at radius 2 is 1.74 bits per heavy atom. The van der Waals surface area contributed by atoms with Crippen molar-refractivity contribution in [1.82, 2.24) is 9.97 Å². The molecule has 0 unspecified atom stereocenters. The van der Waals surface area contributed by atoms with Crippen LogP contribution in [0.3, 0.4) is 0 Å². The molecule has 0 radical (unpaired) electrons. The molecule has 4 nitrogen and oxygen atoms in total. The maximum atomic E-state index is 14.5. The number of anilines is 2. The molecule has 4 aromatic rings. The number of benzene rings is 2. The second kappa shape index (κ2) is 14.7. The number of pyridine rings is 1. The minimum Gasteiger partial charge on any atom is -0.493 e. The Morgan fingerprint density at radius 3 is 2.53 bits per heavy atom. The van der Waals surface area contributed by atoms with Crippen molar-refractivity contribution < 1.29 is 17.9 Å². The summed E-state index contributed by atoms with van der Waals surface area (Å²) in [5.74, 6) is -3.63. The van der Waals surface area contributed by atoms with E-state index in [1.54, 1.807) is 12.3 Å². The van der Waals surface area contributed by atoms with E-state index in [-0.39, 0.29) is 5.75 Å². The number of nitrogens with zero attached hydrogens (tertiary/aromatic N) is 2. The molecule has 204 valence electrons. The Labute approximate surface area is 227 Å². The van der Waals surface area contributed by atoms with Crippen LogP contribution in [0.5, 0.6) is 5.75 Å². The first kappa shape index (κ1) is 29.4. The summed E-state index contributed by atoms with van der Waals surface area (Å²) in [5, 5.41) is 6.51. The standard InChI is InChI=1S/C28H30F3N3OS.C2H6/c1-2-3-4-5-6-7-16-35-25-14-13-21(17-23(25)28(30,31)19-29)33-27-34-24(18-36-27)22-12-8-10-20-11-9-15-32-26(20)22;1-2/h8-15,17-18H,2-7,16,19H2,1H3,(H,33,34);1-2H3. The number of nitrogens with one attached hydrogen (secondary N) is 1. The monoisotopic (exact) mass is 543 g/mol. The zero-order valence-corrected chi connectivity index (χ0v) is 23.1. The maximum absolute atomic E-state index is 14.5. The van der Waals surface area contributed by atoms with Crippen LogP contribution in [0.2, 0.25) is 0 Å². The molecule has 0 aliphatic heterocycles. The van der Waals surface area contributed by atoms with Crippen LogP contribution in [0.4, 0.5) is 24.0 Å². The number of rotatable bonds is 13. The Balaban J connectivity index is 0.00000195. The molecule has 38 heavy (non-hydrogen) atoms. The highest BCUT2D eigenvalue weighted by atomic mass is 32.1. The average molecular weight is 544 g/mol. The molecule has 0 bridgehead atoms. The Bertz CT molecular complexity index is 1270. The molecule has 0 aliphatic carbocycles. The summed E-state index contributed by atoms with van der Waals surface area (Å²) < 4.78 is 47.8. The number of thiazole rings is 1. The zero-order chi connectivity index (χ0) is 27.4. The highest BCUT2D eigenvalue weighted by Gasteiger charge is 2.35. The van der Waals surface area contributed by atoms with Crippen LogP contribution >= 0.6 is 11.3 Å². The summed E-state index contributed by atoms with van der Waals surface area (Å²) in [6.45, 7) is 4.69. The molecular formula is C30H36F3N3OS. The van der Waals surface area contributed by atoms with E-state index in [0.29, 0.717) is 17.4 Å². The van der Waals surface area contributed by atoms with Crippen LogP contribution < -0.4 is 10.1 Å². The minimum atomic E-state index is -3.64. The van der Waals surface area contributed by atoms with Gasteiger partial charge in [-0.1, -0.05) is 77.1 Å². The van der Waals surface area contributed by atoms with Gasteiger partial charge in [0, 0.05) is 28.2 Å². The highest BCUT2D eigenvalue weighted by molar-refractivity contribution is 7.14. The summed E-state index contributed by atoms with van der Waals surface area (Å²) in [5.41, 5.74) is 2.40. The first-order valence-electron chi connectivity index (χ1n) is 13.3. The van der Waals surface area contributed by atoms with Gasteiger partial charge in [0.2, 0.25) is 0 Å². The van der Waals surface area contributed by atoms with Crippen LogP contribution in [-0.2, 0) is 5.92 Å². The predicted octanol–water partition coefficient (Wildman–Crippen LogP) is 9.93. The number of alkyl halides is 3. The molecule has 4 rings (SSSR count). The van der Waals surface area contributed by atoms with Crippen LogP contribution in [0.25, 0.3) is 22.2 Å². The van der Waals surface area contributed by atoms with Crippen molar-refractivity contribution in [3.8, 4) is 17.0 Å². The van der Waals surface area contributed by atoms with Crippen LogP contribution in [0.1, 0.15) is 64.9 Å². The van der Waals surface area contributed by atoms with Gasteiger partial charge in [-0.3, -0.25) is 4.98 Å². The lowest BCUT2D eigenvalue weighted by Crippen LogP contribution is -2.18. The van der Waals surface area contributed by atoms with Crippen LogP contribution in [-0.4, -0.2) is 23.2 Å². The van der Waals surface area contributed by atoms with Gasteiger partial charge in [-0.15, -0.1) is 11.3 Å². The van der Waals surface area contributed by atoms with Gasteiger partial charge in [0.15, 0.2) is 11.8 Å². The fourth-order valence-corrected chi connectivity index (χ4v) is 4.78. The molecule has 0 spiro atoms. The van der Waals surface area contributed by atoms with Crippen molar-refractivity contribution in [3.05, 3.63) is 65.7 Å². The van der Waals surface area contributed by atoms with Gasteiger partial charge in [-0.25, -0.2) is 9.37 Å². The second-order valence-electron chi connectivity index (χ2n) is 8.71. The lowest BCUT2D eigenvalue weighted by atomic mass is 10.1. The number of aromatic nitrogens is 2. The molecule has 0 amide bonds. The number of para-hydroxylation sites is 1. The third-order valence-corrected chi connectivity index (χ3v) is 6.72. The molecule has 2 aromatic heterocycles. The van der Waals surface area contributed by atoms with Gasteiger partial charge < -0.3 is 10.1 Å². The SMILES string of the molecule is CC.CCCCCCCCOc1ccc(Nc2nc(-c3cccc4cccnc34)cs2)cc1C(F)(F)CF. The number of halogens is 3. The summed E-state index contributed by atoms with van der Waals surface area (Å²) in [7, 11) is 0. The second-order valence-corrected chi connectivity index (χ2v) is 9.57. The van der Waals surface area contributed by atoms with E-state index in [2.05, 4.69) is 22.2 Å². The number of ether oxygens (including phenoxy) is 1. The van der Waals surface area contributed by atoms with E-state index in [0.717, 1.165) is 47.8 Å². The fourth-order valence-electron chi connectivity index (χ4n) is 4.05. The first-order valence-corrected chi connectivity index (χ1v) is 14.2. The molecule has 0 saturated carbocycles. The Kier molecular flexibility index (Phi) is 11.4. The first-order chi connectivity index (χ1) is 18.5. The lowest BCUT2D eigenvalue weighted by Gasteiger charge is -2.19. The van der Waals surface area contributed by atoms with Gasteiger partial charge in [0.05, 0.1) is 23.4 Å². The van der Waals surface area contributed by atoms with Crippen LogP contribution in [0, 0.1) is 0 Å². The fraction of sp³-hybridized carbons (Fsp3) is 0.400. The van der Waals surface area contributed by atoms with E-state index in [9.17, 15) is 13.2 Å².